The highest BCUT2D eigenvalue weighted by molar-refractivity contribution is 7.92. The van der Waals surface area contributed by atoms with Gasteiger partial charge < -0.3 is 10.2 Å². The Morgan fingerprint density at radius 2 is 1.42 bits per heavy atom. The lowest BCUT2D eigenvalue weighted by molar-refractivity contribution is -0.140. The quantitative estimate of drug-likeness (QED) is 0.219. The van der Waals surface area contributed by atoms with Crippen LogP contribution < -0.4 is 9.62 Å². The molecule has 1 N–H and O–H groups in total. The number of amides is 2. The molecule has 45 heavy (non-hydrogen) atoms. The van der Waals surface area contributed by atoms with E-state index in [-0.39, 0.29) is 29.1 Å². The van der Waals surface area contributed by atoms with E-state index in [9.17, 15) is 22.4 Å². The molecule has 0 radical (unpaired) electrons. The third kappa shape index (κ3) is 8.76. The van der Waals surface area contributed by atoms with Crippen molar-refractivity contribution in [3.05, 3.63) is 131 Å². The van der Waals surface area contributed by atoms with Crippen LogP contribution >= 0.6 is 0 Å². The second kappa shape index (κ2) is 14.0. The van der Waals surface area contributed by atoms with Gasteiger partial charge in [0.05, 0.1) is 10.6 Å². The molecule has 0 aliphatic rings. The summed E-state index contributed by atoms with van der Waals surface area (Å²) in [6.07, 6.45) is 0.0954. The van der Waals surface area contributed by atoms with Gasteiger partial charge in [0, 0.05) is 24.1 Å². The Bertz CT molecular complexity index is 1720. The highest BCUT2D eigenvalue weighted by atomic mass is 32.2. The molecule has 0 aliphatic carbocycles. The first-order chi connectivity index (χ1) is 21.2. The first-order valence-electron chi connectivity index (χ1n) is 14.5. The summed E-state index contributed by atoms with van der Waals surface area (Å²) >= 11 is 0. The van der Waals surface area contributed by atoms with Crippen LogP contribution in [-0.4, -0.2) is 43.3 Å². The largest absolute Gasteiger partial charge is 0.350 e. The van der Waals surface area contributed by atoms with Crippen LogP contribution in [0, 0.1) is 18.6 Å². The van der Waals surface area contributed by atoms with E-state index in [1.165, 1.54) is 23.1 Å². The van der Waals surface area contributed by atoms with E-state index < -0.39 is 51.6 Å². The fourth-order valence-electron chi connectivity index (χ4n) is 4.79. The summed E-state index contributed by atoms with van der Waals surface area (Å²) in [5, 5.41) is 2.93. The lowest BCUT2D eigenvalue weighted by Crippen LogP contribution is -2.56. The molecule has 10 heteroatoms. The van der Waals surface area contributed by atoms with Gasteiger partial charge >= 0.3 is 0 Å². The van der Waals surface area contributed by atoms with Gasteiger partial charge in [-0.05, 0) is 75.7 Å². The van der Waals surface area contributed by atoms with E-state index in [2.05, 4.69) is 5.32 Å². The summed E-state index contributed by atoms with van der Waals surface area (Å²) < 4.78 is 57.6. The van der Waals surface area contributed by atoms with Crippen LogP contribution in [0.3, 0.4) is 0 Å². The van der Waals surface area contributed by atoms with Crippen LogP contribution in [0.25, 0.3) is 0 Å². The molecule has 0 fully saturated rings. The van der Waals surface area contributed by atoms with Gasteiger partial charge in [0.15, 0.2) is 0 Å². The molecule has 4 rings (SSSR count). The summed E-state index contributed by atoms with van der Waals surface area (Å²) in [6, 6.07) is 24.8. The second-order valence-corrected chi connectivity index (χ2v) is 13.7. The zero-order valence-electron chi connectivity index (χ0n) is 25.7. The third-order valence-electron chi connectivity index (χ3n) is 7.07. The molecule has 0 bridgehead atoms. The average Bonchev–Trinajstić information content (AvgIpc) is 2.99. The number of carbonyl (C=O) groups is 2. The van der Waals surface area contributed by atoms with Crippen LogP contribution in [0.4, 0.5) is 14.5 Å². The predicted octanol–water partition coefficient (Wildman–Crippen LogP) is 6.02. The Morgan fingerprint density at radius 3 is 2.02 bits per heavy atom. The molecular formula is C35H37F2N3O4S. The summed E-state index contributed by atoms with van der Waals surface area (Å²) in [6.45, 7) is 6.27. The molecule has 236 valence electrons. The molecule has 0 aliphatic heterocycles. The topological polar surface area (TPSA) is 86.8 Å². The Hall–Kier alpha value is -4.57. The standard InChI is InChI=1S/C35H37F2N3O4S/c1-25-14-18-29(19-15-25)40(45(43,44)30-20-16-28(36)17-21-30)24-33(41)39(23-27-12-8-9-13-31(27)37)32(34(42)38-35(2,3)4)22-26-10-6-5-7-11-26/h5-21,32H,22-24H2,1-4H3,(H,38,42)/t32-/m1/s1. The summed E-state index contributed by atoms with van der Waals surface area (Å²) in [4.78, 5) is 29.3. The molecule has 7 nitrogen and oxygen atoms in total. The van der Waals surface area contributed by atoms with Crippen LogP contribution in [0.5, 0.6) is 0 Å². The molecule has 0 saturated heterocycles. The molecule has 0 aromatic heterocycles. The molecule has 1 atom stereocenters. The Morgan fingerprint density at radius 1 is 0.822 bits per heavy atom. The average molecular weight is 634 g/mol. The second-order valence-electron chi connectivity index (χ2n) is 11.9. The van der Waals surface area contributed by atoms with E-state index in [4.69, 9.17) is 0 Å². The molecule has 4 aromatic rings. The molecule has 0 heterocycles. The maximum Gasteiger partial charge on any atom is 0.264 e. The van der Waals surface area contributed by atoms with Gasteiger partial charge in [0.25, 0.3) is 10.0 Å². The van der Waals surface area contributed by atoms with Gasteiger partial charge in [-0.25, -0.2) is 17.2 Å². The van der Waals surface area contributed by atoms with Gasteiger partial charge in [0.1, 0.15) is 24.2 Å². The van der Waals surface area contributed by atoms with Crippen molar-refractivity contribution in [2.45, 2.75) is 57.1 Å². The number of hydrogen-bond acceptors (Lipinski definition) is 4. The smallest absolute Gasteiger partial charge is 0.264 e. The summed E-state index contributed by atoms with van der Waals surface area (Å²) in [7, 11) is -4.38. The number of anilines is 1. The predicted molar refractivity (Wildman–Crippen MR) is 171 cm³/mol. The van der Waals surface area contributed by atoms with Crippen molar-refractivity contribution in [2.24, 2.45) is 0 Å². The van der Waals surface area contributed by atoms with Crippen molar-refractivity contribution in [1.29, 1.82) is 0 Å². The van der Waals surface area contributed by atoms with E-state index >= 15 is 4.39 Å². The summed E-state index contributed by atoms with van der Waals surface area (Å²) in [5.41, 5.74) is 1.33. The number of nitrogens with one attached hydrogen (secondary N) is 1. The Balaban J connectivity index is 1.82. The molecule has 4 aromatic carbocycles. The normalized spacial score (nSPS) is 12.3. The fraction of sp³-hybridized carbons (Fsp3) is 0.257. The lowest BCUT2D eigenvalue weighted by atomic mass is 10.0. The number of aryl methyl sites for hydroxylation is 1. The number of sulfonamides is 1. The Kier molecular flexibility index (Phi) is 10.4. The van der Waals surface area contributed by atoms with Crippen molar-refractivity contribution in [2.75, 3.05) is 10.8 Å². The summed E-state index contributed by atoms with van der Waals surface area (Å²) in [5.74, 6) is -2.38. The highest BCUT2D eigenvalue weighted by Crippen LogP contribution is 2.26. The van der Waals surface area contributed by atoms with E-state index in [0.717, 1.165) is 39.7 Å². The monoisotopic (exact) mass is 633 g/mol. The minimum Gasteiger partial charge on any atom is -0.350 e. The van der Waals surface area contributed by atoms with Gasteiger partial charge in [-0.15, -0.1) is 0 Å². The third-order valence-corrected chi connectivity index (χ3v) is 8.86. The maximum atomic E-state index is 15.0. The molecule has 0 saturated carbocycles. The number of carbonyl (C=O) groups excluding carboxylic acids is 2. The zero-order chi connectivity index (χ0) is 32.8. The number of benzene rings is 4. The number of nitrogens with zero attached hydrogens (tertiary/aromatic N) is 2. The molecule has 0 spiro atoms. The number of rotatable bonds is 11. The van der Waals surface area contributed by atoms with Crippen LogP contribution in [0.1, 0.15) is 37.5 Å². The highest BCUT2D eigenvalue weighted by Gasteiger charge is 2.36. The van der Waals surface area contributed by atoms with Gasteiger partial charge in [-0.3, -0.25) is 13.9 Å². The lowest BCUT2D eigenvalue weighted by Gasteiger charge is -2.35. The van der Waals surface area contributed by atoms with Crippen LogP contribution in [0.15, 0.2) is 108 Å². The Labute approximate surface area is 263 Å². The molecular weight excluding hydrogens is 596 g/mol. The van der Waals surface area contributed by atoms with Crippen LogP contribution in [0.2, 0.25) is 0 Å². The van der Waals surface area contributed by atoms with E-state index in [1.807, 2.05) is 58.0 Å². The molecule has 0 unspecified atom stereocenters. The van der Waals surface area contributed by atoms with E-state index in [0.29, 0.717) is 0 Å². The van der Waals surface area contributed by atoms with Crippen molar-refractivity contribution in [3.8, 4) is 0 Å². The van der Waals surface area contributed by atoms with Crippen molar-refractivity contribution in [1.82, 2.24) is 10.2 Å². The first-order valence-corrected chi connectivity index (χ1v) is 15.9. The number of hydrogen-bond donors (Lipinski definition) is 1. The minimum atomic E-state index is -4.38. The van der Waals surface area contributed by atoms with Gasteiger partial charge in [0.2, 0.25) is 11.8 Å². The van der Waals surface area contributed by atoms with E-state index in [1.54, 1.807) is 30.3 Å². The van der Waals surface area contributed by atoms with Crippen molar-refractivity contribution < 1.29 is 26.8 Å². The number of halogens is 2. The first kappa shape index (κ1) is 33.3. The van der Waals surface area contributed by atoms with Crippen molar-refractivity contribution >= 4 is 27.5 Å². The maximum absolute atomic E-state index is 15.0. The minimum absolute atomic E-state index is 0.0954. The zero-order valence-corrected chi connectivity index (χ0v) is 26.5. The SMILES string of the molecule is Cc1ccc(N(CC(=O)N(Cc2ccccc2F)[C@H](Cc2ccccc2)C(=O)NC(C)(C)C)S(=O)(=O)c2ccc(F)cc2)cc1. The van der Waals surface area contributed by atoms with Crippen LogP contribution in [-0.2, 0) is 32.6 Å². The van der Waals surface area contributed by atoms with Gasteiger partial charge in [-0.2, -0.15) is 0 Å². The van der Waals surface area contributed by atoms with Gasteiger partial charge in [-0.1, -0.05) is 66.2 Å². The fourth-order valence-corrected chi connectivity index (χ4v) is 6.20. The molecule has 2 amide bonds. The van der Waals surface area contributed by atoms with Crippen molar-refractivity contribution in [3.63, 3.8) is 0 Å².